The van der Waals surface area contributed by atoms with E-state index in [1.807, 2.05) is 18.2 Å². The predicted molar refractivity (Wildman–Crippen MR) is 66.1 cm³/mol. The van der Waals surface area contributed by atoms with Crippen molar-refractivity contribution in [3.63, 3.8) is 0 Å². The van der Waals surface area contributed by atoms with Gasteiger partial charge in [0.1, 0.15) is 5.38 Å². The Morgan fingerprint density at radius 2 is 2.15 bits per heavy atom. The van der Waals surface area contributed by atoms with E-state index in [-0.39, 0.29) is 5.78 Å². The fourth-order valence-corrected chi connectivity index (χ4v) is 2.72. The van der Waals surface area contributed by atoms with Crippen LogP contribution in [0.2, 0.25) is 0 Å². The summed E-state index contributed by atoms with van der Waals surface area (Å²) in [4.78, 5) is 11.0. The number of rotatable bonds is 2. The molecule has 0 saturated heterocycles. The number of Topliss-reactive ketones (excluding diaryl/α,β-unsaturated/α-hetero) is 1. The molecule has 1 atom stereocenters. The Kier molecular flexibility index (Phi) is 4.19. The van der Waals surface area contributed by atoms with Gasteiger partial charge in [-0.15, -0.1) is 11.6 Å². The Labute approximate surface area is 104 Å². The molecule has 1 unspecified atom stereocenters. The molecule has 0 radical (unpaired) electrons. The highest BCUT2D eigenvalue weighted by molar-refractivity contribution is 14.1. The van der Waals surface area contributed by atoms with Gasteiger partial charge in [0.25, 0.3) is 0 Å². The molecule has 0 aliphatic carbocycles. The molecule has 0 N–H and O–H groups in total. The van der Waals surface area contributed by atoms with Gasteiger partial charge in [0.15, 0.2) is 5.78 Å². The van der Waals surface area contributed by atoms with Gasteiger partial charge in [-0.25, -0.2) is 0 Å². The summed E-state index contributed by atoms with van der Waals surface area (Å²) in [5, 5.41) is -0.536. The van der Waals surface area contributed by atoms with E-state index in [9.17, 15) is 4.79 Å². The zero-order valence-corrected chi connectivity index (χ0v) is 11.4. The molecule has 0 saturated carbocycles. The molecule has 0 fully saturated rings. The zero-order chi connectivity index (χ0) is 10.0. The van der Waals surface area contributed by atoms with Crippen molar-refractivity contribution in [2.24, 2.45) is 0 Å². The molecular weight excluding hydrogens is 366 g/mol. The van der Waals surface area contributed by atoms with E-state index in [4.69, 9.17) is 11.6 Å². The monoisotopic (exact) mass is 372 g/mol. The van der Waals surface area contributed by atoms with Gasteiger partial charge >= 0.3 is 0 Å². The SMILES string of the molecule is CC(=O)C(Cl)c1cc(Br)cc(I)c1. The van der Waals surface area contributed by atoms with Crippen molar-refractivity contribution in [3.8, 4) is 0 Å². The van der Waals surface area contributed by atoms with Gasteiger partial charge in [0, 0.05) is 8.04 Å². The van der Waals surface area contributed by atoms with Crippen LogP contribution >= 0.6 is 50.1 Å². The highest BCUT2D eigenvalue weighted by Gasteiger charge is 2.13. The third-order valence-corrected chi connectivity index (χ3v) is 3.17. The van der Waals surface area contributed by atoms with Crippen LogP contribution in [0.3, 0.4) is 0 Å². The first-order valence-electron chi connectivity index (χ1n) is 3.61. The molecule has 1 aromatic rings. The number of alkyl halides is 1. The molecule has 1 rings (SSSR count). The van der Waals surface area contributed by atoms with Crippen molar-refractivity contribution in [1.29, 1.82) is 0 Å². The first-order valence-corrected chi connectivity index (χ1v) is 5.92. The molecule has 4 heteroatoms. The fourth-order valence-electron chi connectivity index (χ4n) is 0.956. The zero-order valence-electron chi connectivity index (χ0n) is 6.85. The Balaban J connectivity index is 3.07. The Morgan fingerprint density at radius 1 is 1.54 bits per heavy atom. The maximum absolute atomic E-state index is 11.0. The van der Waals surface area contributed by atoms with Gasteiger partial charge in [-0.1, -0.05) is 15.9 Å². The Morgan fingerprint density at radius 3 is 2.62 bits per heavy atom. The van der Waals surface area contributed by atoms with Crippen LogP contribution in [0.15, 0.2) is 22.7 Å². The first kappa shape index (κ1) is 11.5. The van der Waals surface area contributed by atoms with Crippen molar-refractivity contribution in [2.75, 3.05) is 0 Å². The number of hydrogen-bond acceptors (Lipinski definition) is 1. The molecule has 70 valence electrons. The molecule has 0 aromatic heterocycles. The van der Waals surface area contributed by atoms with Crippen molar-refractivity contribution < 1.29 is 4.79 Å². The summed E-state index contributed by atoms with van der Waals surface area (Å²) in [6.07, 6.45) is 0. The summed E-state index contributed by atoms with van der Waals surface area (Å²) in [5.74, 6) is -0.0319. The van der Waals surface area contributed by atoms with E-state index in [2.05, 4.69) is 38.5 Å². The summed E-state index contributed by atoms with van der Waals surface area (Å²) < 4.78 is 2.01. The minimum Gasteiger partial charge on any atom is -0.298 e. The molecule has 0 heterocycles. The van der Waals surface area contributed by atoms with Crippen LogP contribution in [0.1, 0.15) is 17.9 Å². The minimum absolute atomic E-state index is 0.0319. The van der Waals surface area contributed by atoms with Crippen molar-refractivity contribution >= 4 is 55.9 Å². The van der Waals surface area contributed by atoms with Gasteiger partial charge in [-0.2, -0.15) is 0 Å². The molecule has 13 heavy (non-hydrogen) atoms. The average Bonchev–Trinajstić information content (AvgIpc) is 2.01. The molecule has 1 nitrogen and oxygen atoms in total. The van der Waals surface area contributed by atoms with Gasteiger partial charge < -0.3 is 0 Å². The smallest absolute Gasteiger partial charge is 0.152 e. The van der Waals surface area contributed by atoms with E-state index in [0.29, 0.717) is 0 Å². The number of halogens is 3. The van der Waals surface area contributed by atoms with Crippen molar-refractivity contribution in [3.05, 3.63) is 31.8 Å². The second kappa shape index (κ2) is 4.75. The summed E-state index contributed by atoms with van der Waals surface area (Å²) in [6, 6.07) is 5.74. The second-order valence-electron chi connectivity index (χ2n) is 2.68. The van der Waals surface area contributed by atoms with Gasteiger partial charge in [-0.05, 0) is 53.3 Å². The van der Waals surface area contributed by atoms with Crippen LogP contribution in [0.25, 0.3) is 0 Å². The van der Waals surface area contributed by atoms with Crippen LogP contribution in [0.4, 0.5) is 0 Å². The van der Waals surface area contributed by atoms with Crippen molar-refractivity contribution in [1.82, 2.24) is 0 Å². The number of ketones is 1. The van der Waals surface area contributed by atoms with Crippen LogP contribution in [-0.2, 0) is 4.79 Å². The van der Waals surface area contributed by atoms with Gasteiger partial charge in [0.05, 0.1) is 0 Å². The third kappa shape index (κ3) is 3.22. The quantitative estimate of drug-likeness (QED) is 0.567. The lowest BCUT2D eigenvalue weighted by Gasteiger charge is -2.06. The normalized spacial score (nSPS) is 12.6. The van der Waals surface area contributed by atoms with Crippen LogP contribution in [0, 0.1) is 3.57 Å². The van der Waals surface area contributed by atoms with Crippen LogP contribution in [0.5, 0.6) is 0 Å². The van der Waals surface area contributed by atoms with E-state index in [0.717, 1.165) is 13.6 Å². The van der Waals surface area contributed by atoms with Gasteiger partial charge in [-0.3, -0.25) is 4.79 Å². The minimum atomic E-state index is -0.536. The van der Waals surface area contributed by atoms with E-state index >= 15 is 0 Å². The third-order valence-electron chi connectivity index (χ3n) is 1.53. The number of benzene rings is 1. The lowest BCUT2D eigenvalue weighted by Crippen LogP contribution is -2.01. The van der Waals surface area contributed by atoms with E-state index in [1.54, 1.807) is 0 Å². The maximum atomic E-state index is 11.0. The lowest BCUT2D eigenvalue weighted by atomic mass is 10.1. The number of carbonyl (C=O) groups excluding carboxylic acids is 1. The number of carbonyl (C=O) groups is 1. The fraction of sp³-hybridized carbons (Fsp3) is 0.222. The van der Waals surface area contributed by atoms with Crippen molar-refractivity contribution in [2.45, 2.75) is 12.3 Å². The molecular formula is C9H7BrClIO. The Hall–Kier alpha value is 0.390. The first-order chi connectivity index (χ1) is 6.00. The molecule has 0 aliphatic heterocycles. The van der Waals surface area contributed by atoms with Crippen LogP contribution in [-0.4, -0.2) is 5.78 Å². The highest BCUT2D eigenvalue weighted by atomic mass is 127. The predicted octanol–water partition coefficient (Wildman–Crippen LogP) is 3.92. The van der Waals surface area contributed by atoms with E-state index < -0.39 is 5.38 Å². The van der Waals surface area contributed by atoms with Crippen LogP contribution < -0.4 is 0 Å². The average molecular weight is 373 g/mol. The maximum Gasteiger partial charge on any atom is 0.152 e. The number of hydrogen-bond donors (Lipinski definition) is 0. The summed E-state index contributed by atoms with van der Waals surface area (Å²) in [5.41, 5.74) is 0.841. The molecule has 1 aromatic carbocycles. The molecule has 0 spiro atoms. The highest BCUT2D eigenvalue weighted by Crippen LogP contribution is 2.26. The summed E-state index contributed by atoms with van der Waals surface area (Å²) in [6.45, 7) is 1.49. The summed E-state index contributed by atoms with van der Waals surface area (Å²) >= 11 is 11.5. The molecule has 0 aliphatic rings. The van der Waals surface area contributed by atoms with E-state index in [1.165, 1.54) is 6.92 Å². The Bertz CT molecular complexity index is 320. The topological polar surface area (TPSA) is 17.1 Å². The molecule has 0 bridgehead atoms. The standard InChI is InChI=1S/C9H7BrClIO/c1-5(13)9(11)6-2-7(10)4-8(12)3-6/h2-4,9H,1H3. The summed E-state index contributed by atoms with van der Waals surface area (Å²) in [7, 11) is 0. The molecule has 0 amide bonds. The lowest BCUT2D eigenvalue weighted by molar-refractivity contribution is -0.116. The second-order valence-corrected chi connectivity index (χ2v) is 5.27. The largest absolute Gasteiger partial charge is 0.298 e. The van der Waals surface area contributed by atoms with Gasteiger partial charge in [0.2, 0.25) is 0 Å².